The van der Waals surface area contributed by atoms with E-state index in [1.165, 1.54) is 6.07 Å². The van der Waals surface area contributed by atoms with Gasteiger partial charge in [-0.2, -0.15) is 26.3 Å². The van der Waals surface area contributed by atoms with Gasteiger partial charge in [-0.05, 0) is 59.7 Å². The Labute approximate surface area is 224 Å². The van der Waals surface area contributed by atoms with E-state index in [0.29, 0.717) is 12.3 Å². The number of carbonyl (C=O) groups is 1. The molecule has 0 fully saturated rings. The third-order valence-electron chi connectivity index (χ3n) is 6.43. The lowest BCUT2D eigenvalue weighted by Gasteiger charge is -2.23. The van der Waals surface area contributed by atoms with Gasteiger partial charge >= 0.3 is 12.4 Å². The molecule has 0 saturated carbocycles. The van der Waals surface area contributed by atoms with Gasteiger partial charge in [-0.1, -0.05) is 36.4 Å². The van der Waals surface area contributed by atoms with Crippen LogP contribution in [0, 0.1) is 0 Å². The zero-order valence-corrected chi connectivity index (χ0v) is 20.6. The van der Waals surface area contributed by atoms with Crippen molar-refractivity contribution in [2.75, 3.05) is 0 Å². The van der Waals surface area contributed by atoms with Crippen LogP contribution in [0.1, 0.15) is 56.1 Å². The number of aromatic nitrogens is 1. The topological polar surface area (TPSA) is 63.2 Å². The largest absolute Gasteiger partial charge is 0.471 e. The van der Waals surface area contributed by atoms with Gasteiger partial charge in [0.05, 0.1) is 22.9 Å². The summed E-state index contributed by atoms with van der Waals surface area (Å²) in [5.41, 5.74) is -0.914. The molecule has 5 nitrogen and oxygen atoms in total. The maximum absolute atomic E-state index is 13.8. The van der Waals surface area contributed by atoms with Crippen molar-refractivity contribution in [1.82, 2.24) is 15.6 Å². The number of ether oxygens (including phenoxy) is 1. The molecule has 0 aliphatic carbocycles. The van der Waals surface area contributed by atoms with Crippen molar-refractivity contribution >= 4 is 5.91 Å². The molecule has 5 rings (SSSR count). The minimum absolute atomic E-state index is 0.00435. The number of halogens is 6. The van der Waals surface area contributed by atoms with Crippen molar-refractivity contribution in [1.29, 1.82) is 0 Å². The number of rotatable bonds is 6. The Balaban J connectivity index is 1.45. The second-order valence-corrected chi connectivity index (χ2v) is 9.07. The minimum atomic E-state index is -4.81. The second kappa shape index (κ2) is 10.6. The fourth-order valence-corrected chi connectivity index (χ4v) is 4.48. The predicted molar refractivity (Wildman–Crippen MR) is 133 cm³/mol. The molecule has 2 atom stereocenters. The molecule has 0 radical (unpaired) electrons. The van der Waals surface area contributed by atoms with E-state index in [1.54, 1.807) is 24.3 Å². The molecule has 206 valence electrons. The van der Waals surface area contributed by atoms with Crippen LogP contribution < -0.4 is 15.4 Å². The van der Waals surface area contributed by atoms with Crippen LogP contribution in [0.25, 0.3) is 0 Å². The van der Waals surface area contributed by atoms with E-state index in [-0.39, 0.29) is 11.1 Å². The van der Waals surface area contributed by atoms with Crippen LogP contribution in [-0.4, -0.2) is 10.9 Å². The van der Waals surface area contributed by atoms with Crippen LogP contribution in [0.4, 0.5) is 26.3 Å². The predicted octanol–water partition coefficient (Wildman–Crippen LogP) is 6.82. The number of nitrogens with zero attached hydrogens (tertiary/aromatic N) is 1. The van der Waals surface area contributed by atoms with E-state index >= 15 is 0 Å². The highest BCUT2D eigenvalue weighted by Gasteiger charge is 2.37. The normalized spacial score (nSPS) is 15.8. The molecule has 4 aromatic rings. The number of amides is 1. The first-order valence-electron chi connectivity index (χ1n) is 12.1. The molecule has 0 spiro atoms. The summed E-state index contributed by atoms with van der Waals surface area (Å²) in [4.78, 5) is 17.2. The summed E-state index contributed by atoms with van der Waals surface area (Å²) in [6, 6.07) is 17.9. The van der Waals surface area contributed by atoms with Gasteiger partial charge < -0.3 is 10.1 Å². The Hall–Kier alpha value is -4.38. The monoisotopic (exact) mass is 557 g/mol. The molecule has 0 saturated heterocycles. The van der Waals surface area contributed by atoms with Crippen LogP contribution >= 0.6 is 0 Å². The fraction of sp³-hybridized carbons (Fsp3) is 0.172. The van der Waals surface area contributed by atoms with Crippen LogP contribution in [0.5, 0.6) is 5.75 Å². The Morgan fingerprint density at radius 2 is 1.62 bits per heavy atom. The van der Waals surface area contributed by atoms with E-state index < -0.39 is 47.4 Å². The first-order valence-corrected chi connectivity index (χ1v) is 12.1. The van der Waals surface area contributed by atoms with Gasteiger partial charge in [0.25, 0.3) is 5.91 Å². The molecule has 1 amide bonds. The summed E-state index contributed by atoms with van der Waals surface area (Å²) < 4.78 is 86.8. The molecule has 2 heterocycles. The fourth-order valence-electron chi connectivity index (χ4n) is 4.48. The first kappa shape index (κ1) is 27.2. The van der Waals surface area contributed by atoms with Crippen molar-refractivity contribution in [2.24, 2.45) is 0 Å². The highest BCUT2D eigenvalue weighted by atomic mass is 19.4. The summed E-state index contributed by atoms with van der Waals surface area (Å²) in [7, 11) is 0. The molecule has 2 N–H and O–H groups in total. The highest BCUT2D eigenvalue weighted by molar-refractivity contribution is 5.95. The summed E-state index contributed by atoms with van der Waals surface area (Å²) in [6.07, 6.45) is -8.79. The number of para-hydroxylation sites is 1. The quantitative estimate of drug-likeness (QED) is 0.256. The molecule has 2 unspecified atom stereocenters. The average molecular weight is 557 g/mol. The van der Waals surface area contributed by atoms with E-state index in [2.05, 4.69) is 15.6 Å². The number of hydrogen-bond acceptors (Lipinski definition) is 4. The number of nitrogens with one attached hydrogen (secondary N) is 2. The van der Waals surface area contributed by atoms with Gasteiger partial charge in [-0.15, -0.1) is 0 Å². The van der Waals surface area contributed by atoms with Crippen LogP contribution in [-0.2, 0) is 18.9 Å². The van der Waals surface area contributed by atoms with Crippen molar-refractivity contribution in [3.8, 4) is 5.75 Å². The van der Waals surface area contributed by atoms with E-state index in [1.807, 2.05) is 18.2 Å². The molecule has 1 aliphatic heterocycles. The van der Waals surface area contributed by atoms with Crippen molar-refractivity contribution in [2.45, 2.75) is 31.2 Å². The van der Waals surface area contributed by atoms with Gasteiger partial charge in [0, 0.05) is 23.9 Å². The zero-order valence-electron chi connectivity index (χ0n) is 20.6. The molecular weight excluding hydrogens is 536 g/mol. The van der Waals surface area contributed by atoms with Gasteiger partial charge in [-0.3, -0.25) is 15.1 Å². The molecule has 1 aliphatic rings. The number of alkyl halides is 6. The van der Waals surface area contributed by atoms with Gasteiger partial charge in [0.2, 0.25) is 0 Å². The molecular formula is C29H21F6N3O2. The first-order chi connectivity index (χ1) is 19.0. The van der Waals surface area contributed by atoms with Crippen LogP contribution in [0.15, 0.2) is 91.1 Å². The number of fused-ring (bicyclic) bond motifs is 1. The highest BCUT2D eigenvalue weighted by Crippen LogP contribution is 2.37. The zero-order chi connectivity index (χ0) is 28.5. The lowest BCUT2D eigenvalue weighted by atomic mass is 9.97. The van der Waals surface area contributed by atoms with Crippen LogP contribution in [0.2, 0.25) is 0 Å². The summed E-state index contributed by atoms with van der Waals surface area (Å²) in [5, 5.41) is 5.73. The van der Waals surface area contributed by atoms with Gasteiger partial charge in [0.15, 0.2) is 6.23 Å². The van der Waals surface area contributed by atoms with Gasteiger partial charge in [0.1, 0.15) is 5.75 Å². The number of pyridine rings is 1. The summed E-state index contributed by atoms with van der Waals surface area (Å²) in [6.45, 7) is 0.384. The van der Waals surface area contributed by atoms with Crippen molar-refractivity contribution in [3.05, 3.63) is 130 Å². The Morgan fingerprint density at radius 1 is 0.900 bits per heavy atom. The minimum Gasteiger partial charge on any atom is -0.471 e. The molecule has 0 bridgehead atoms. The molecule has 11 heteroatoms. The van der Waals surface area contributed by atoms with Gasteiger partial charge in [-0.25, -0.2) is 0 Å². The lowest BCUT2D eigenvalue weighted by Crippen LogP contribution is -2.32. The molecule has 40 heavy (non-hydrogen) atoms. The standard InChI is InChI=1S/C29H21F6N3O2/c30-28(31,32)20-11-8-17(9-12-20)24(25-23(29(33,34)35)7-4-14-36-25)38-26(39)18-10-13-22-19(15-18)16-37-27(22)40-21-5-2-1-3-6-21/h1-15,24,27,37H,16H2,(H,38,39). The number of hydrogen-bond donors (Lipinski definition) is 2. The molecule has 3 aromatic carbocycles. The maximum Gasteiger partial charge on any atom is 0.418 e. The third kappa shape index (κ3) is 5.79. The smallest absolute Gasteiger partial charge is 0.418 e. The Kier molecular flexibility index (Phi) is 7.24. The Bertz CT molecular complexity index is 1510. The maximum atomic E-state index is 13.8. The average Bonchev–Trinajstić information content (AvgIpc) is 3.33. The van der Waals surface area contributed by atoms with E-state index in [4.69, 9.17) is 4.74 Å². The summed E-state index contributed by atoms with van der Waals surface area (Å²) >= 11 is 0. The second-order valence-electron chi connectivity index (χ2n) is 9.07. The van der Waals surface area contributed by atoms with Crippen LogP contribution in [0.3, 0.4) is 0 Å². The SMILES string of the molecule is O=C(NC(c1ccc(C(F)(F)F)cc1)c1ncccc1C(F)(F)F)c1ccc2c(c1)CNC2Oc1ccccc1. The van der Waals surface area contributed by atoms with E-state index in [0.717, 1.165) is 53.7 Å². The number of carbonyl (C=O) groups excluding carboxylic acids is 1. The number of benzene rings is 3. The van der Waals surface area contributed by atoms with E-state index in [9.17, 15) is 31.1 Å². The summed E-state index contributed by atoms with van der Waals surface area (Å²) in [5.74, 6) is -0.0798. The van der Waals surface area contributed by atoms with Crippen molar-refractivity contribution < 1.29 is 35.9 Å². The third-order valence-corrected chi connectivity index (χ3v) is 6.43. The van der Waals surface area contributed by atoms with Crippen molar-refractivity contribution in [3.63, 3.8) is 0 Å². The Morgan fingerprint density at radius 3 is 2.30 bits per heavy atom. The lowest BCUT2D eigenvalue weighted by molar-refractivity contribution is -0.139. The molecule has 1 aromatic heterocycles.